The van der Waals surface area contributed by atoms with E-state index in [1.165, 1.54) is 23.1 Å². The Hall–Kier alpha value is -2.17. The predicted molar refractivity (Wildman–Crippen MR) is 160 cm³/mol. The van der Waals surface area contributed by atoms with Crippen molar-refractivity contribution in [3.63, 3.8) is 0 Å². The van der Waals surface area contributed by atoms with Crippen molar-refractivity contribution in [2.45, 2.75) is 86.9 Å². The zero-order valence-electron chi connectivity index (χ0n) is 23.1. The van der Waals surface area contributed by atoms with Crippen LogP contribution in [0.2, 0.25) is 10.0 Å². The van der Waals surface area contributed by atoms with Gasteiger partial charge in [-0.2, -0.15) is 4.31 Å². The molecule has 0 spiro atoms. The molecule has 8 nitrogen and oxygen atoms in total. The second kappa shape index (κ2) is 13.0. The molecule has 2 saturated carbocycles. The van der Waals surface area contributed by atoms with Gasteiger partial charge in [0.05, 0.1) is 20.9 Å². The quantitative estimate of drug-likeness (QED) is 0.457. The maximum atomic E-state index is 14.5. The van der Waals surface area contributed by atoms with E-state index in [2.05, 4.69) is 5.32 Å². The monoisotopic (exact) mass is 620 g/mol. The van der Waals surface area contributed by atoms with Crippen molar-refractivity contribution in [1.82, 2.24) is 14.5 Å². The predicted octanol–water partition coefficient (Wildman–Crippen LogP) is 4.90. The molecule has 0 bridgehead atoms. The average Bonchev–Trinajstić information content (AvgIpc) is 3.50. The van der Waals surface area contributed by atoms with Crippen LogP contribution in [0.4, 0.5) is 0 Å². The summed E-state index contributed by atoms with van der Waals surface area (Å²) in [6, 6.07) is 13.7. The van der Waals surface area contributed by atoms with Gasteiger partial charge in [-0.15, -0.1) is 0 Å². The molecule has 0 radical (unpaired) electrons. The van der Waals surface area contributed by atoms with Crippen molar-refractivity contribution in [2.75, 3.05) is 13.1 Å². The van der Waals surface area contributed by atoms with Crippen LogP contribution in [0.3, 0.4) is 0 Å². The Bertz CT molecular complexity index is 1350. The van der Waals surface area contributed by atoms with Crippen LogP contribution in [-0.4, -0.2) is 60.8 Å². The lowest BCUT2D eigenvalue weighted by molar-refractivity contribution is -0.150. The number of rotatable bonds is 7. The highest BCUT2D eigenvalue weighted by Gasteiger charge is 2.47. The van der Waals surface area contributed by atoms with Gasteiger partial charge in [0.2, 0.25) is 15.9 Å². The number of hydrogen-bond donors (Lipinski definition) is 2. The van der Waals surface area contributed by atoms with E-state index in [0.29, 0.717) is 19.3 Å². The van der Waals surface area contributed by atoms with Gasteiger partial charge in [-0.1, -0.05) is 66.4 Å². The number of carbonyl (C=O) groups excluding carboxylic acids is 2. The van der Waals surface area contributed by atoms with Crippen LogP contribution in [0, 0.1) is 5.92 Å². The molecule has 1 aliphatic heterocycles. The number of sulfonamides is 1. The summed E-state index contributed by atoms with van der Waals surface area (Å²) in [5.74, 6) is -1.01. The van der Waals surface area contributed by atoms with E-state index in [-0.39, 0.29) is 51.9 Å². The number of nitrogens with two attached hydrogens (primary N) is 1. The fraction of sp³-hybridized carbons (Fsp3) is 0.533. The van der Waals surface area contributed by atoms with Crippen molar-refractivity contribution in [2.24, 2.45) is 11.7 Å². The first kappa shape index (κ1) is 30.3. The minimum Gasteiger partial charge on any atom is -0.350 e. The summed E-state index contributed by atoms with van der Waals surface area (Å²) in [6.07, 6.45) is 6.00. The summed E-state index contributed by atoms with van der Waals surface area (Å²) < 4.78 is 29.3. The third kappa shape index (κ3) is 6.59. The molecule has 3 N–H and O–H groups in total. The van der Waals surface area contributed by atoms with Crippen LogP contribution in [0.25, 0.3) is 0 Å². The minimum absolute atomic E-state index is 0.0713. The van der Waals surface area contributed by atoms with Gasteiger partial charge in [0.25, 0.3) is 5.91 Å². The maximum absolute atomic E-state index is 14.5. The maximum Gasteiger partial charge on any atom is 0.259 e. The molecule has 41 heavy (non-hydrogen) atoms. The molecule has 222 valence electrons. The first-order valence-electron chi connectivity index (χ1n) is 14.5. The Kier molecular flexibility index (Phi) is 9.60. The molecule has 2 aromatic carbocycles. The fourth-order valence-corrected chi connectivity index (χ4v) is 8.59. The molecule has 1 heterocycles. The summed E-state index contributed by atoms with van der Waals surface area (Å²) in [6.45, 7) is 0.384. The number of amides is 2. The summed E-state index contributed by atoms with van der Waals surface area (Å²) in [5, 5.41) is 3.40. The molecule has 2 aromatic rings. The van der Waals surface area contributed by atoms with E-state index in [4.69, 9.17) is 28.9 Å². The average molecular weight is 622 g/mol. The zero-order chi connectivity index (χ0) is 29.1. The summed E-state index contributed by atoms with van der Waals surface area (Å²) >= 11 is 12.3. The number of hydrogen-bond acceptors (Lipinski definition) is 5. The largest absolute Gasteiger partial charge is 0.350 e. The summed E-state index contributed by atoms with van der Waals surface area (Å²) in [4.78, 5) is 30.0. The second-order valence-electron chi connectivity index (χ2n) is 11.5. The highest BCUT2D eigenvalue weighted by molar-refractivity contribution is 7.89. The van der Waals surface area contributed by atoms with Crippen LogP contribution in [0.1, 0.15) is 69.3 Å². The molecule has 2 unspecified atom stereocenters. The van der Waals surface area contributed by atoms with Gasteiger partial charge in [-0.05, 0) is 74.6 Å². The lowest BCUT2D eigenvalue weighted by Crippen LogP contribution is -2.65. The van der Waals surface area contributed by atoms with Gasteiger partial charge >= 0.3 is 0 Å². The third-order valence-corrected chi connectivity index (χ3v) is 11.4. The normalized spacial score (nSPS) is 25.1. The molecule has 3 fully saturated rings. The summed E-state index contributed by atoms with van der Waals surface area (Å²) in [7, 11) is -4.21. The minimum atomic E-state index is -4.21. The molecule has 1 saturated heterocycles. The Morgan fingerprint density at radius 2 is 1.56 bits per heavy atom. The van der Waals surface area contributed by atoms with Gasteiger partial charge in [0, 0.05) is 25.2 Å². The highest BCUT2D eigenvalue weighted by Crippen LogP contribution is 2.40. The van der Waals surface area contributed by atoms with E-state index in [9.17, 15) is 18.0 Å². The number of nitrogens with one attached hydrogen (secondary N) is 1. The summed E-state index contributed by atoms with van der Waals surface area (Å²) in [5.41, 5.74) is 6.97. The topological polar surface area (TPSA) is 113 Å². The first-order valence-corrected chi connectivity index (χ1v) is 16.7. The lowest BCUT2D eigenvalue weighted by atomic mass is 9.83. The zero-order valence-corrected chi connectivity index (χ0v) is 25.4. The SMILES string of the molecule is NC1CCC(NC(=O)C2N(C(=O)C(c3ccccc3)C3CCCC3)CCCN2S(=O)(=O)c2ccc(Cl)c(Cl)c2)CC1. The molecule has 5 rings (SSSR count). The van der Waals surface area contributed by atoms with Gasteiger partial charge < -0.3 is 16.0 Å². The van der Waals surface area contributed by atoms with Crippen LogP contribution in [0.5, 0.6) is 0 Å². The van der Waals surface area contributed by atoms with Crippen LogP contribution in [-0.2, 0) is 19.6 Å². The van der Waals surface area contributed by atoms with Crippen molar-refractivity contribution >= 4 is 45.0 Å². The molecule has 11 heteroatoms. The lowest BCUT2D eigenvalue weighted by Gasteiger charge is -2.44. The smallest absolute Gasteiger partial charge is 0.259 e. The van der Waals surface area contributed by atoms with E-state index in [1.54, 1.807) is 0 Å². The van der Waals surface area contributed by atoms with E-state index in [0.717, 1.165) is 48.4 Å². The van der Waals surface area contributed by atoms with Crippen LogP contribution in [0.15, 0.2) is 53.4 Å². The molecular formula is C30H38Cl2N4O4S. The van der Waals surface area contributed by atoms with E-state index >= 15 is 0 Å². The molecular weight excluding hydrogens is 583 g/mol. The number of nitrogens with zero attached hydrogens (tertiary/aromatic N) is 2. The third-order valence-electron chi connectivity index (χ3n) is 8.77. The number of carbonyl (C=O) groups is 2. The molecule has 2 amide bonds. The van der Waals surface area contributed by atoms with Crippen LogP contribution < -0.4 is 11.1 Å². The number of benzene rings is 2. The standard InChI is InChI=1S/C30H38Cl2N4O4S/c31-25-16-15-24(19-26(25)32)41(39,40)36-18-6-17-35(29(36)28(37)34-23-13-11-22(33)12-14-23)30(38)27(21-9-4-5-10-21)20-7-2-1-3-8-20/h1-3,7-8,15-16,19,21-23,27,29H,4-6,9-14,17-18,33H2,(H,34,37). The van der Waals surface area contributed by atoms with Crippen molar-refractivity contribution < 1.29 is 18.0 Å². The first-order chi connectivity index (χ1) is 19.7. The molecule has 2 aliphatic carbocycles. The Labute approximate surface area is 252 Å². The molecule has 3 aliphatic rings. The van der Waals surface area contributed by atoms with E-state index < -0.39 is 28.0 Å². The van der Waals surface area contributed by atoms with Gasteiger partial charge in [0.1, 0.15) is 0 Å². The van der Waals surface area contributed by atoms with Crippen molar-refractivity contribution in [3.8, 4) is 0 Å². The number of halogens is 2. The van der Waals surface area contributed by atoms with Crippen molar-refractivity contribution in [1.29, 1.82) is 0 Å². The Morgan fingerprint density at radius 3 is 2.22 bits per heavy atom. The fourth-order valence-electron chi connectivity index (χ4n) is 6.61. The highest BCUT2D eigenvalue weighted by atomic mass is 35.5. The van der Waals surface area contributed by atoms with Gasteiger partial charge in [-0.25, -0.2) is 8.42 Å². The van der Waals surface area contributed by atoms with Crippen LogP contribution >= 0.6 is 23.2 Å². The van der Waals surface area contributed by atoms with Gasteiger partial charge in [0.15, 0.2) is 6.17 Å². The molecule has 2 atom stereocenters. The van der Waals surface area contributed by atoms with Crippen molar-refractivity contribution in [3.05, 3.63) is 64.1 Å². The Morgan fingerprint density at radius 1 is 0.878 bits per heavy atom. The second-order valence-corrected chi connectivity index (χ2v) is 14.2. The molecule has 0 aromatic heterocycles. The van der Waals surface area contributed by atoms with Gasteiger partial charge in [-0.3, -0.25) is 9.59 Å². The Balaban J connectivity index is 1.52. The van der Waals surface area contributed by atoms with E-state index in [1.807, 2.05) is 30.3 Å².